The molecule has 0 bridgehead atoms. The van der Waals surface area contributed by atoms with E-state index in [1.807, 2.05) is 13.8 Å². The molecule has 1 saturated heterocycles. The zero-order chi connectivity index (χ0) is 28.3. The van der Waals surface area contributed by atoms with Crippen molar-refractivity contribution in [2.75, 3.05) is 41.7 Å². The number of rotatable bonds is 7. The van der Waals surface area contributed by atoms with E-state index in [1.54, 1.807) is 24.3 Å². The lowest BCUT2D eigenvalue weighted by molar-refractivity contribution is -0.138. The second-order valence-electron chi connectivity index (χ2n) is 9.18. The van der Waals surface area contributed by atoms with Crippen LogP contribution in [0.2, 0.25) is 0 Å². The molecule has 1 fully saturated rings. The summed E-state index contributed by atoms with van der Waals surface area (Å²) in [5, 5.41) is 0.444. The van der Waals surface area contributed by atoms with Crippen LogP contribution in [-0.2, 0) is 48.6 Å². The zero-order valence-electron chi connectivity index (χ0n) is 21.9. The zero-order valence-corrected chi connectivity index (χ0v) is 22.8. The smallest absolute Gasteiger partial charge is 0.362 e. The molecule has 11 nitrogen and oxygen atoms in total. The predicted molar refractivity (Wildman–Crippen MR) is 135 cm³/mol. The molecule has 0 aromatic heterocycles. The number of esters is 4. The summed E-state index contributed by atoms with van der Waals surface area (Å²) < 4.78 is 45.4. The Labute approximate surface area is 219 Å². The van der Waals surface area contributed by atoms with Crippen molar-refractivity contribution in [2.24, 2.45) is 5.41 Å². The summed E-state index contributed by atoms with van der Waals surface area (Å²) in [7, 11) is 0.310. The molecular formula is C26H29O11P. The van der Waals surface area contributed by atoms with Gasteiger partial charge >= 0.3 is 31.5 Å². The molecule has 1 heterocycles. The molecule has 0 amide bonds. The molecule has 12 heteroatoms. The highest BCUT2D eigenvalue weighted by Crippen LogP contribution is 2.55. The van der Waals surface area contributed by atoms with Crippen molar-refractivity contribution in [3.8, 4) is 0 Å². The quantitative estimate of drug-likeness (QED) is 0.218. The molecule has 0 saturated carbocycles. The summed E-state index contributed by atoms with van der Waals surface area (Å²) in [5.41, 5.74) is -1.29. The molecular weight excluding hydrogens is 519 g/mol. The van der Waals surface area contributed by atoms with E-state index < -0.39 is 43.3 Å². The largest absolute Gasteiger partial charge is 0.466 e. The van der Waals surface area contributed by atoms with Crippen LogP contribution in [0.5, 0.6) is 0 Å². The second kappa shape index (κ2) is 11.5. The van der Waals surface area contributed by atoms with Gasteiger partial charge in [0.2, 0.25) is 0 Å². The van der Waals surface area contributed by atoms with Gasteiger partial charge in [0, 0.05) is 23.5 Å². The fourth-order valence-electron chi connectivity index (χ4n) is 4.03. The molecule has 2 aromatic rings. The van der Waals surface area contributed by atoms with Crippen molar-refractivity contribution in [1.29, 1.82) is 0 Å². The van der Waals surface area contributed by atoms with Crippen LogP contribution in [0.25, 0.3) is 10.8 Å². The van der Waals surface area contributed by atoms with E-state index in [0.29, 0.717) is 0 Å². The summed E-state index contributed by atoms with van der Waals surface area (Å²) >= 11 is 0. The first-order chi connectivity index (χ1) is 17.9. The minimum atomic E-state index is -4.16. The number of hydrogen-bond donors (Lipinski definition) is 0. The van der Waals surface area contributed by atoms with E-state index in [4.69, 9.17) is 23.3 Å². The Balaban J connectivity index is 2.52. The topological polar surface area (TPSA) is 141 Å². The Morgan fingerprint density at radius 3 is 1.95 bits per heavy atom. The minimum Gasteiger partial charge on any atom is -0.466 e. The van der Waals surface area contributed by atoms with Crippen molar-refractivity contribution >= 4 is 47.5 Å². The fraction of sp³-hybridized carbons (Fsp3) is 0.385. The number of carbonyl (C=O) groups excluding carboxylic acids is 4. The number of benzene rings is 2. The number of hydrogen-bond acceptors (Lipinski definition) is 11. The van der Waals surface area contributed by atoms with E-state index in [1.165, 1.54) is 0 Å². The van der Waals surface area contributed by atoms with Crippen LogP contribution in [0.1, 0.15) is 40.1 Å². The lowest BCUT2D eigenvalue weighted by Crippen LogP contribution is -2.34. The van der Waals surface area contributed by atoms with Crippen LogP contribution in [0.3, 0.4) is 0 Å². The van der Waals surface area contributed by atoms with E-state index in [0.717, 1.165) is 34.5 Å². The van der Waals surface area contributed by atoms with Gasteiger partial charge in [0.15, 0.2) is 0 Å². The maximum Gasteiger partial charge on any atom is 0.362 e. The molecule has 2 aromatic carbocycles. The highest BCUT2D eigenvalue weighted by Gasteiger charge is 2.43. The minimum absolute atomic E-state index is 0.0451. The molecule has 0 radical (unpaired) electrons. The van der Waals surface area contributed by atoms with Crippen LogP contribution >= 0.6 is 7.60 Å². The normalized spacial score (nSPS) is 16.4. The standard InChI is InChI=1S/C26H29O11P/c1-26(2)13-36-38(31,37-14-26)22-17-10-8-7-9-16(17)20(24(29)34-5)21(25(30)35-6)18(22)11-15(23(28)33-4)12-19(27)32-3/h7-10,12H,11,13-14H2,1-6H3/b15-12-. The fourth-order valence-corrected chi connectivity index (χ4v) is 6.42. The molecule has 0 unspecified atom stereocenters. The van der Waals surface area contributed by atoms with Crippen molar-refractivity contribution in [3.05, 3.63) is 52.6 Å². The van der Waals surface area contributed by atoms with E-state index in [-0.39, 0.29) is 51.6 Å². The van der Waals surface area contributed by atoms with Gasteiger partial charge in [0.25, 0.3) is 0 Å². The molecule has 0 aliphatic carbocycles. The van der Waals surface area contributed by atoms with Crippen molar-refractivity contribution in [1.82, 2.24) is 0 Å². The van der Waals surface area contributed by atoms with Crippen LogP contribution in [0.15, 0.2) is 35.9 Å². The summed E-state index contributed by atoms with van der Waals surface area (Å²) in [6.45, 7) is 3.85. The van der Waals surface area contributed by atoms with E-state index in [2.05, 4.69) is 4.74 Å². The van der Waals surface area contributed by atoms with Gasteiger partial charge in [-0.05, 0) is 16.3 Å². The van der Waals surface area contributed by atoms with Gasteiger partial charge in [-0.15, -0.1) is 0 Å². The van der Waals surface area contributed by atoms with Crippen LogP contribution in [0, 0.1) is 5.41 Å². The molecule has 1 aliphatic rings. The number of fused-ring (bicyclic) bond motifs is 1. The van der Waals surface area contributed by atoms with Gasteiger partial charge in [-0.25, -0.2) is 19.2 Å². The number of ether oxygens (including phenoxy) is 4. The van der Waals surface area contributed by atoms with Gasteiger partial charge in [0.05, 0.1) is 58.1 Å². The van der Waals surface area contributed by atoms with Crippen molar-refractivity contribution in [3.63, 3.8) is 0 Å². The first-order valence-corrected chi connectivity index (χ1v) is 13.0. The van der Waals surface area contributed by atoms with Crippen LogP contribution < -0.4 is 5.30 Å². The SMILES string of the molecule is COC(=O)/C=C(/Cc1c(C(=O)OC)c(C(=O)OC)c2ccccc2c1P1(=O)OCC(C)(C)CO1)C(=O)OC. The first-order valence-electron chi connectivity index (χ1n) is 11.4. The Morgan fingerprint density at radius 2 is 1.42 bits per heavy atom. The molecule has 1 aliphatic heterocycles. The van der Waals surface area contributed by atoms with Crippen LogP contribution in [0.4, 0.5) is 0 Å². The Hall–Kier alpha value is -3.53. The monoisotopic (exact) mass is 548 g/mol. The molecule has 0 N–H and O–H groups in total. The highest BCUT2D eigenvalue weighted by molar-refractivity contribution is 7.63. The van der Waals surface area contributed by atoms with Gasteiger partial charge in [-0.1, -0.05) is 38.1 Å². The maximum absolute atomic E-state index is 14.3. The van der Waals surface area contributed by atoms with Gasteiger partial charge in [0.1, 0.15) is 0 Å². The summed E-state index contributed by atoms with van der Waals surface area (Å²) in [4.78, 5) is 51.0. The maximum atomic E-state index is 14.3. The average Bonchev–Trinajstić information content (AvgIpc) is 2.92. The molecule has 0 atom stereocenters. The highest BCUT2D eigenvalue weighted by atomic mass is 31.2. The summed E-state index contributed by atoms with van der Waals surface area (Å²) in [5.74, 6) is -3.65. The molecule has 0 spiro atoms. The number of methoxy groups -OCH3 is 4. The number of carbonyl (C=O) groups is 4. The lowest BCUT2D eigenvalue weighted by atomic mass is 9.90. The van der Waals surface area contributed by atoms with Crippen LogP contribution in [-0.4, -0.2) is 65.5 Å². The van der Waals surface area contributed by atoms with Crippen molar-refractivity contribution in [2.45, 2.75) is 20.3 Å². The predicted octanol–water partition coefficient (Wildman–Crippen LogP) is 3.12. The second-order valence-corrected chi connectivity index (χ2v) is 11.1. The average molecular weight is 548 g/mol. The lowest BCUT2D eigenvalue weighted by Gasteiger charge is -2.35. The van der Waals surface area contributed by atoms with E-state index >= 15 is 0 Å². The Kier molecular flexibility index (Phi) is 8.76. The van der Waals surface area contributed by atoms with Gasteiger partial charge in [-0.3, -0.25) is 4.57 Å². The molecule has 204 valence electrons. The molecule has 38 heavy (non-hydrogen) atoms. The van der Waals surface area contributed by atoms with Gasteiger partial charge in [-0.2, -0.15) is 0 Å². The third kappa shape index (κ3) is 5.65. The van der Waals surface area contributed by atoms with Gasteiger partial charge < -0.3 is 28.0 Å². The Morgan fingerprint density at radius 1 is 0.868 bits per heavy atom. The molecule has 3 rings (SSSR count). The summed E-state index contributed by atoms with van der Waals surface area (Å²) in [6.07, 6.45) is 0.391. The summed E-state index contributed by atoms with van der Waals surface area (Å²) in [6, 6.07) is 6.39. The van der Waals surface area contributed by atoms with Crippen molar-refractivity contribution < 1.29 is 51.7 Å². The van der Waals surface area contributed by atoms with E-state index in [9.17, 15) is 23.7 Å². The third-order valence-corrected chi connectivity index (χ3v) is 7.90. The Bertz CT molecular complexity index is 1360. The third-order valence-electron chi connectivity index (χ3n) is 5.90. The first kappa shape index (κ1) is 29.0.